The van der Waals surface area contributed by atoms with Crippen LogP contribution in [0.5, 0.6) is 0 Å². The van der Waals surface area contributed by atoms with Crippen molar-refractivity contribution < 1.29 is 14.0 Å². The van der Waals surface area contributed by atoms with Crippen LogP contribution in [-0.4, -0.2) is 24.9 Å². The van der Waals surface area contributed by atoms with E-state index in [9.17, 15) is 14.0 Å². The molecular formula is C20H24FN3O2. The van der Waals surface area contributed by atoms with Gasteiger partial charge in [-0.25, -0.2) is 4.39 Å². The van der Waals surface area contributed by atoms with E-state index in [0.29, 0.717) is 42.7 Å². The summed E-state index contributed by atoms with van der Waals surface area (Å²) in [6, 6.07) is 13.4. The Hall–Kier alpha value is -2.73. The molecule has 0 saturated heterocycles. The number of carbonyl (C=O) groups is 2. The van der Waals surface area contributed by atoms with Crippen LogP contribution in [0.2, 0.25) is 0 Å². The minimum Gasteiger partial charge on any atom is -0.351 e. The third-order valence-corrected chi connectivity index (χ3v) is 4.11. The fourth-order valence-electron chi connectivity index (χ4n) is 2.53. The van der Waals surface area contributed by atoms with Gasteiger partial charge in [0.15, 0.2) is 0 Å². The standard InChI is InChI=1S/C20H24FN3O2/c1-14(10-11-15-6-2-4-8-17(15)21)19(25)24-18-9-5-3-7-16(18)20(26)23-13-12-22/h2-9,14H,10-13,22H2,1H3,(H,23,26)(H,24,25). The number of hydrogen-bond donors (Lipinski definition) is 3. The largest absolute Gasteiger partial charge is 0.351 e. The zero-order chi connectivity index (χ0) is 18.9. The molecule has 2 aromatic carbocycles. The maximum atomic E-state index is 13.7. The number of halogens is 1. The molecule has 0 bridgehead atoms. The molecule has 2 aromatic rings. The molecule has 0 aliphatic carbocycles. The maximum absolute atomic E-state index is 13.7. The first-order valence-electron chi connectivity index (χ1n) is 8.64. The van der Waals surface area contributed by atoms with Crippen molar-refractivity contribution in [3.63, 3.8) is 0 Å². The number of rotatable bonds is 8. The quantitative estimate of drug-likeness (QED) is 0.679. The molecule has 0 aromatic heterocycles. The van der Waals surface area contributed by atoms with E-state index in [4.69, 9.17) is 5.73 Å². The third-order valence-electron chi connectivity index (χ3n) is 4.11. The van der Waals surface area contributed by atoms with Crippen LogP contribution in [-0.2, 0) is 11.2 Å². The summed E-state index contributed by atoms with van der Waals surface area (Å²) in [5, 5.41) is 5.48. The van der Waals surface area contributed by atoms with Crippen LogP contribution in [0.25, 0.3) is 0 Å². The number of anilines is 1. The summed E-state index contributed by atoms with van der Waals surface area (Å²) >= 11 is 0. The van der Waals surface area contributed by atoms with Crippen LogP contribution in [0.3, 0.4) is 0 Å². The van der Waals surface area contributed by atoms with Gasteiger partial charge in [-0.05, 0) is 36.6 Å². The molecule has 138 valence electrons. The zero-order valence-electron chi connectivity index (χ0n) is 14.8. The van der Waals surface area contributed by atoms with Gasteiger partial charge in [-0.3, -0.25) is 9.59 Å². The van der Waals surface area contributed by atoms with Crippen molar-refractivity contribution in [2.45, 2.75) is 19.8 Å². The van der Waals surface area contributed by atoms with Gasteiger partial charge in [0, 0.05) is 19.0 Å². The van der Waals surface area contributed by atoms with Crippen LogP contribution < -0.4 is 16.4 Å². The smallest absolute Gasteiger partial charge is 0.253 e. The molecule has 0 heterocycles. The summed E-state index contributed by atoms with van der Waals surface area (Å²) in [4.78, 5) is 24.6. The van der Waals surface area contributed by atoms with E-state index >= 15 is 0 Å². The molecule has 6 heteroatoms. The highest BCUT2D eigenvalue weighted by atomic mass is 19.1. The highest BCUT2D eigenvalue weighted by molar-refractivity contribution is 6.04. The van der Waals surface area contributed by atoms with Gasteiger partial charge in [-0.15, -0.1) is 0 Å². The van der Waals surface area contributed by atoms with Crippen LogP contribution in [0, 0.1) is 11.7 Å². The van der Waals surface area contributed by atoms with E-state index in [2.05, 4.69) is 10.6 Å². The highest BCUT2D eigenvalue weighted by Gasteiger charge is 2.17. The number of nitrogens with one attached hydrogen (secondary N) is 2. The molecule has 1 unspecified atom stereocenters. The fourth-order valence-corrected chi connectivity index (χ4v) is 2.53. The van der Waals surface area contributed by atoms with Crippen molar-refractivity contribution in [1.82, 2.24) is 5.32 Å². The predicted octanol–water partition coefficient (Wildman–Crippen LogP) is 2.72. The fraction of sp³-hybridized carbons (Fsp3) is 0.300. The lowest BCUT2D eigenvalue weighted by atomic mass is 9.99. The lowest BCUT2D eigenvalue weighted by Crippen LogP contribution is -2.30. The second kappa shape index (κ2) is 9.68. The highest BCUT2D eigenvalue weighted by Crippen LogP contribution is 2.18. The molecule has 0 radical (unpaired) electrons. The number of hydrogen-bond acceptors (Lipinski definition) is 3. The Labute approximate surface area is 152 Å². The minimum absolute atomic E-state index is 0.208. The molecule has 1 atom stereocenters. The molecule has 0 aliphatic heterocycles. The molecule has 2 rings (SSSR count). The summed E-state index contributed by atoms with van der Waals surface area (Å²) in [5.41, 5.74) is 6.82. The van der Waals surface area contributed by atoms with Crippen LogP contribution in [0.15, 0.2) is 48.5 Å². The van der Waals surface area contributed by atoms with Gasteiger partial charge in [-0.2, -0.15) is 0 Å². The van der Waals surface area contributed by atoms with Crippen LogP contribution >= 0.6 is 0 Å². The summed E-state index contributed by atoms with van der Waals surface area (Å²) in [6.45, 7) is 2.49. The van der Waals surface area contributed by atoms with Gasteiger partial charge >= 0.3 is 0 Å². The van der Waals surface area contributed by atoms with E-state index < -0.39 is 0 Å². The lowest BCUT2D eigenvalue weighted by molar-refractivity contribution is -0.119. The summed E-state index contributed by atoms with van der Waals surface area (Å²) in [7, 11) is 0. The molecule has 5 nitrogen and oxygen atoms in total. The first-order valence-corrected chi connectivity index (χ1v) is 8.64. The minimum atomic E-state index is -0.324. The Morgan fingerprint density at radius 2 is 1.81 bits per heavy atom. The van der Waals surface area contributed by atoms with Crippen molar-refractivity contribution in [2.75, 3.05) is 18.4 Å². The Morgan fingerprint density at radius 3 is 2.54 bits per heavy atom. The van der Waals surface area contributed by atoms with E-state index in [1.807, 2.05) is 0 Å². The van der Waals surface area contributed by atoms with Gasteiger partial charge in [-0.1, -0.05) is 37.3 Å². The van der Waals surface area contributed by atoms with Crippen LogP contribution in [0.4, 0.5) is 10.1 Å². The second-order valence-corrected chi connectivity index (χ2v) is 6.11. The summed E-state index contributed by atoms with van der Waals surface area (Å²) < 4.78 is 13.7. The Balaban J connectivity index is 1.98. The van der Waals surface area contributed by atoms with Crippen molar-refractivity contribution in [2.24, 2.45) is 11.7 Å². The number of nitrogens with two attached hydrogens (primary N) is 1. The Kier molecular flexibility index (Phi) is 7.29. The van der Waals surface area contributed by atoms with Crippen molar-refractivity contribution >= 4 is 17.5 Å². The Morgan fingerprint density at radius 1 is 1.12 bits per heavy atom. The van der Waals surface area contributed by atoms with E-state index in [-0.39, 0.29) is 23.5 Å². The topological polar surface area (TPSA) is 84.2 Å². The molecule has 0 fully saturated rings. The monoisotopic (exact) mass is 357 g/mol. The lowest BCUT2D eigenvalue weighted by Gasteiger charge is -2.15. The second-order valence-electron chi connectivity index (χ2n) is 6.11. The molecule has 26 heavy (non-hydrogen) atoms. The number of carbonyl (C=O) groups excluding carboxylic acids is 2. The summed E-state index contributed by atoms with van der Waals surface area (Å²) in [5.74, 6) is -1.08. The van der Waals surface area contributed by atoms with Gasteiger partial charge < -0.3 is 16.4 Å². The van der Waals surface area contributed by atoms with Gasteiger partial charge in [0.2, 0.25) is 5.91 Å². The first-order chi connectivity index (χ1) is 12.5. The third kappa shape index (κ3) is 5.39. The van der Waals surface area contributed by atoms with Crippen LogP contribution in [0.1, 0.15) is 29.3 Å². The van der Waals surface area contributed by atoms with E-state index in [1.165, 1.54) is 6.07 Å². The van der Waals surface area contributed by atoms with Crippen molar-refractivity contribution in [1.29, 1.82) is 0 Å². The summed E-state index contributed by atoms with van der Waals surface area (Å²) in [6.07, 6.45) is 0.980. The maximum Gasteiger partial charge on any atom is 0.253 e. The molecule has 0 saturated carbocycles. The van der Waals surface area contributed by atoms with Gasteiger partial charge in [0.05, 0.1) is 11.3 Å². The molecular weight excluding hydrogens is 333 g/mol. The van der Waals surface area contributed by atoms with Crippen molar-refractivity contribution in [3.8, 4) is 0 Å². The van der Waals surface area contributed by atoms with E-state index in [1.54, 1.807) is 49.4 Å². The first kappa shape index (κ1) is 19.6. The SMILES string of the molecule is CC(CCc1ccccc1F)C(=O)Nc1ccccc1C(=O)NCCN. The number of aryl methyl sites for hydroxylation is 1. The molecule has 4 N–H and O–H groups in total. The number of para-hydroxylation sites is 1. The molecule has 0 aliphatic rings. The zero-order valence-corrected chi connectivity index (χ0v) is 14.8. The normalized spacial score (nSPS) is 11.7. The van der Waals surface area contributed by atoms with E-state index in [0.717, 1.165) is 0 Å². The number of amides is 2. The van der Waals surface area contributed by atoms with Gasteiger partial charge in [0.25, 0.3) is 5.91 Å². The molecule has 0 spiro atoms. The molecule has 2 amide bonds. The Bertz CT molecular complexity index is 764. The average molecular weight is 357 g/mol. The number of benzene rings is 2. The average Bonchev–Trinajstić information content (AvgIpc) is 2.65. The van der Waals surface area contributed by atoms with Gasteiger partial charge in [0.1, 0.15) is 5.82 Å². The van der Waals surface area contributed by atoms with Crippen molar-refractivity contribution in [3.05, 3.63) is 65.5 Å². The predicted molar refractivity (Wildman–Crippen MR) is 100 cm³/mol.